The van der Waals surface area contributed by atoms with Crippen LogP contribution in [0.1, 0.15) is 25.3 Å². The van der Waals surface area contributed by atoms with Crippen molar-refractivity contribution < 1.29 is 9.50 Å². The number of rotatable bonds is 1. The number of hydrogen-bond donors (Lipinski definition) is 2. The number of hydrogen-bond acceptors (Lipinski definition) is 2. The summed E-state index contributed by atoms with van der Waals surface area (Å²) in [5, 5.41) is 13.2. The van der Waals surface area contributed by atoms with Gasteiger partial charge in [-0.3, -0.25) is 0 Å². The van der Waals surface area contributed by atoms with Gasteiger partial charge in [0.25, 0.3) is 0 Å². The van der Waals surface area contributed by atoms with E-state index in [0.29, 0.717) is 5.56 Å². The van der Waals surface area contributed by atoms with E-state index in [1.54, 1.807) is 18.2 Å². The predicted octanol–water partition coefficient (Wildman–Crippen LogP) is 2.21. The number of benzene rings is 1. The lowest BCUT2D eigenvalue weighted by atomic mass is 9.81. The van der Waals surface area contributed by atoms with Crippen molar-refractivity contribution >= 4 is 12.4 Å². The van der Waals surface area contributed by atoms with Gasteiger partial charge >= 0.3 is 0 Å². The topological polar surface area (TPSA) is 32.3 Å². The Morgan fingerprint density at radius 1 is 1.44 bits per heavy atom. The molecule has 16 heavy (non-hydrogen) atoms. The summed E-state index contributed by atoms with van der Waals surface area (Å²) in [6, 6.07) is 6.63. The van der Waals surface area contributed by atoms with Crippen LogP contribution in [0.2, 0.25) is 0 Å². The maximum atomic E-state index is 13.6. The Labute approximate surface area is 101 Å². The average molecular weight is 246 g/mol. The lowest BCUT2D eigenvalue weighted by Gasteiger charge is -2.40. The molecule has 2 rings (SSSR count). The van der Waals surface area contributed by atoms with Crippen LogP contribution in [-0.4, -0.2) is 17.8 Å². The molecule has 0 aliphatic carbocycles. The Balaban J connectivity index is 0.00000128. The van der Waals surface area contributed by atoms with Crippen molar-refractivity contribution in [1.82, 2.24) is 5.32 Å². The zero-order valence-electron chi connectivity index (χ0n) is 9.24. The molecule has 90 valence electrons. The Kier molecular flexibility index (Phi) is 4.30. The third-order valence-electron chi connectivity index (χ3n) is 3.25. The second-order valence-electron chi connectivity index (χ2n) is 4.27. The molecule has 1 heterocycles. The van der Waals surface area contributed by atoms with E-state index in [9.17, 15) is 9.50 Å². The first-order chi connectivity index (χ1) is 7.14. The van der Waals surface area contributed by atoms with Crippen molar-refractivity contribution in [2.24, 2.45) is 0 Å². The van der Waals surface area contributed by atoms with E-state index in [1.807, 2.05) is 6.92 Å². The SMILES string of the molecule is CC1(c2ccccc2F)NCCCC1O.Cl. The molecule has 0 amide bonds. The zero-order chi connectivity index (χ0) is 10.9. The molecule has 1 aromatic carbocycles. The van der Waals surface area contributed by atoms with Gasteiger partial charge in [-0.15, -0.1) is 12.4 Å². The van der Waals surface area contributed by atoms with Crippen LogP contribution in [-0.2, 0) is 5.54 Å². The van der Waals surface area contributed by atoms with Gasteiger partial charge in [-0.25, -0.2) is 4.39 Å². The van der Waals surface area contributed by atoms with Gasteiger partial charge in [0.2, 0.25) is 0 Å². The summed E-state index contributed by atoms with van der Waals surface area (Å²) in [6.07, 6.45) is 1.13. The molecule has 2 atom stereocenters. The van der Waals surface area contributed by atoms with Gasteiger partial charge in [0.1, 0.15) is 5.82 Å². The fourth-order valence-electron chi connectivity index (χ4n) is 2.21. The van der Waals surface area contributed by atoms with Gasteiger partial charge in [-0.2, -0.15) is 0 Å². The van der Waals surface area contributed by atoms with E-state index < -0.39 is 11.6 Å². The molecule has 1 fully saturated rings. The molecular weight excluding hydrogens is 229 g/mol. The van der Waals surface area contributed by atoms with Crippen LogP contribution in [0.25, 0.3) is 0 Å². The van der Waals surface area contributed by atoms with Crippen LogP contribution < -0.4 is 5.32 Å². The lowest BCUT2D eigenvalue weighted by molar-refractivity contribution is 0.0364. The smallest absolute Gasteiger partial charge is 0.128 e. The van der Waals surface area contributed by atoms with Crippen LogP contribution in [0.5, 0.6) is 0 Å². The molecule has 2 nitrogen and oxygen atoms in total. The van der Waals surface area contributed by atoms with E-state index in [1.165, 1.54) is 6.07 Å². The minimum Gasteiger partial charge on any atom is -0.391 e. The highest BCUT2D eigenvalue weighted by atomic mass is 35.5. The number of halogens is 2. The standard InChI is InChI=1S/C12H16FNO.ClH/c1-12(11(15)7-4-8-14-12)9-5-2-3-6-10(9)13;/h2-3,5-6,11,14-15H,4,7-8H2,1H3;1H. The number of aliphatic hydroxyl groups is 1. The molecule has 1 saturated heterocycles. The van der Waals surface area contributed by atoms with Crippen molar-refractivity contribution in [3.05, 3.63) is 35.6 Å². The minimum atomic E-state index is -0.649. The Bertz CT molecular complexity index is 361. The van der Waals surface area contributed by atoms with Crippen LogP contribution in [0.4, 0.5) is 4.39 Å². The third-order valence-corrected chi connectivity index (χ3v) is 3.25. The molecule has 0 radical (unpaired) electrons. The number of aliphatic hydroxyl groups excluding tert-OH is 1. The van der Waals surface area contributed by atoms with Crippen molar-refractivity contribution in [2.75, 3.05) is 6.54 Å². The van der Waals surface area contributed by atoms with Crippen molar-refractivity contribution in [3.8, 4) is 0 Å². The van der Waals surface area contributed by atoms with E-state index in [2.05, 4.69) is 5.32 Å². The van der Waals surface area contributed by atoms with Crippen LogP contribution in [0, 0.1) is 5.82 Å². The fourth-order valence-corrected chi connectivity index (χ4v) is 2.21. The molecule has 0 saturated carbocycles. The largest absolute Gasteiger partial charge is 0.391 e. The quantitative estimate of drug-likeness (QED) is 0.795. The predicted molar refractivity (Wildman–Crippen MR) is 64.2 cm³/mol. The van der Waals surface area contributed by atoms with Crippen LogP contribution >= 0.6 is 12.4 Å². The first-order valence-corrected chi connectivity index (χ1v) is 5.33. The highest BCUT2D eigenvalue weighted by Crippen LogP contribution is 2.31. The molecule has 2 unspecified atom stereocenters. The van der Waals surface area contributed by atoms with Crippen molar-refractivity contribution in [2.45, 2.75) is 31.4 Å². The van der Waals surface area contributed by atoms with Gasteiger partial charge in [0.05, 0.1) is 11.6 Å². The summed E-state index contributed by atoms with van der Waals surface area (Å²) < 4.78 is 13.6. The van der Waals surface area contributed by atoms with E-state index >= 15 is 0 Å². The molecule has 4 heteroatoms. The molecule has 0 spiro atoms. The zero-order valence-corrected chi connectivity index (χ0v) is 10.1. The summed E-state index contributed by atoms with van der Waals surface area (Å²) in [5.74, 6) is -0.256. The first-order valence-electron chi connectivity index (χ1n) is 5.33. The van der Waals surface area contributed by atoms with E-state index in [0.717, 1.165) is 19.4 Å². The highest BCUT2D eigenvalue weighted by molar-refractivity contribution is 5.85. The second-order valence-corrected chi connectivity index (χ2v) is 4.27. The highest BCUT2D eigenvalue weighted by Gasteiger charge is 2.38. The van der Waals surface area contributed by atoms with E-state index in [4.69, 9.17) is 0 Å². The second kappa shape index (κ2) is 5.13. The summed E-state index contributed by atoms with van der Waals surface area (Å²) in [4.78, 5) is 0. The van der Waals surface area contributed by atoms with Crippen LogP contribution in [0.15, 0.2) is 24.3 Å². The molecule has 2 N–H and O–H groups in total. The number of piperidine rings is 1. The average Bonchev–Trinajstić information content (AvgIpc) is 2.23. The van der Waals surface area contributed by atoms with Gasteiger partial charge < -0.3 is 10.4 Å². The van der Waals surface area contributed by atoms with E-state index in [-0.39, 0.29) is 18.2 Å². The van der Waals surface area contributed by atoms with Gasteiger partial charge in [0, 0.05) is 5.56 Å². The summed E-state index contributed by atoms with van der Waals surface area (Å²) in [6.45, 7) is 2.68. The summed E-state index contributed by atoms with van der Waals surface area (Å²) in [5.41, 5.74) is -0.0962. The summed E-state index contributed by atoms with van der Waals surface area (Å²) in [7, 11) is 0. The van der Waals surface area contributed by atoms with Gasteiger partial charge in [-0.1, -0.05) is 18.2 Å². The first kappa shape index (κ1) is 13.4. The Morgan fingerprint density at radius 3 is 2.75 bits per heavy atom. The normalized spacial score (nSPS) is 29.6. The van der Waals surface area contributed by atoms with Gasteiger partial charge in [0.15, 0.2) is 0 Å². The fraction of sp³-hybridized carbons (Fsp3) is 0.500. The number of nitrogens with one attached hydrogen (secondary N) is 1. The van der Waals surface area contributed by atoms with Gasteiger partial charge in [-0.05, 0) is 32.4 Å². The molecule has 1 aliphatic heterocycles. The minimum absolute atomic E-state index is 0. The Hall–Kier alpha value is -0.640. The molecular formula is C12H17ClFNO. The third kappa shape index (κ3) is 2.21. The maximum absolute atomic E-state index is 13.6. The molecule has 0 aromatic heterocycles. The monoisotopic (exact) mass is 245 g/mol. The molecule has 0 bridgehead atoms. The molecule has 1 aliphatic rings. The van der Waals surface area contributed by atoms with Crippen molar-refractivity contribution in [3.63, 3.8) is 0 Å². The van der Waals surface area contributed by atoms with Crippen molar-refractivity contribution in [1.29, 1.82) is 0 Å². The molecule has 1 aromatic rings. The van der Waals surface area contributed by atoms with Crippen LogP contribution in [0.3, 0.4) is 0 Å². The maximum Gasteiger partial charge on any atom is 0.128 e. The lowest BCUT2D eigenvalue weighted by Crippen LogP contribution is -2.53. The summed E-state index contributed by atoms with van der Waals surface area (Å²) >= 11 is 0. The Morgan fingerprint density at radius 2 is 2.12 bits per heavy atom.